The van der Waals surface area contributed by atoms with Crippen LogP contribution in [0.25, 0.3) is 0 Å². The summed E-state index contributed by atoms with van der Waals surface area (Å²) in [7, 11) is -3.86. The van der Waals surface area contributed by atoms with Crippen LogP contribution in [0.15, 0.2) is 66.7 Å². The number of benzene rings is 3. The first kappa shape index (κ1) is 31.9. The number of rotatable bonds is 11. The SMILES string of the molecule is Cc1ccc(N(CC(=O)N(Cc2c(Cl)cccc2Cl)C(Cc2ccccc2)C(=O)NC2CCCC2)S(C)(=O)=O)c(C)c1. The molecule has 0 radical (unpaired) electrons. The fraction of sp³-hybridized carbons (Fsp3) is 0.375. The van der Waals surface area contributed by atoms with Gasteiger partial charge in [-0.05, 0) is 56.0 Å². The average Bonchev–Trinajstić information content (AvgIpc) is 3.44. The predicted octanol–water partition coefficient (Wildman–Crippen LogP) is 6.08. The molecule has 0 bridgehead atoms. The van der Waals surface area contributed by atoms with Crippen LogP contribution in [0.2, 0.25) is 10.0 Å². The molecule has 0 heterocycles. The standard InChI is InChI=1S/C32H37Cl2N3O4S/c1-22-16-17-29(23(2)18-22)37(42(3,40)41)21-31(38)36(20-26-27(33)14-9-15-28(26)34)30(19-24-10-5-4-6-11-24)32(39)35-25-12-7-8-13-25/h4-6,9-11,14-18,25,30H,7-8,12-13,19-21H2,1-3H3,(H,35,39). The van der Waals surface area contributed by atoms with Gasteiger partial charge in [-0.2, -0.15) is 0 Å². The zero-order valence-corrected chi connectivity index (χ0v) is 26.5. The van der Waals surface area contributed by atoms with Crippen LogP contribution in [0.4, 0.5) is 5.69 Å². The zero-order chi connectivity index (χ0) is 30.4. The van der Waals surface area contributed by atoms with Crippen LogP contribution in [0.3, 0.4) is 0 Å². The third-order valence-electron chi connectivity index (χ3n) is 7.66. The van der Waals surface area contributed by atoms with Crippen molar-refractivity contribution in [3.8, 4) is 0 Å². The minimum absolute atomic E-state index is 0.0272. The summed E-state index contributed by atoms with van der Waals surface area (Å²) in [5.74, 6) is -0.835. The highest BCUT2D eigenvalue weighted by atomic mass is 35.5. The Kier molecular flexibility index (Phi) is 10.6. The molecule has 1 fully saturated rings. The predicted molar refractivity (Wildman–Crippen MR) is 169 cm³/mol. The number of hydrogen-bond donors (Lipinski definition) is 1. The second-order valence-corrected chi connectivity index (χ2v) is 13.7. The smallest absolute Gasteiger partial charge is 0.244 e. The quantitative estimate of drug-likeness (QED) is 0.279. The van der Waals surface area contributed by atoms with Crippen LogP contribution >= 0.6 is 23.2 Å². The summed E-state index contributed by atoms with van der Waals surface area (Å²) in [4.78, 5) is 29.7. The Balaban J connectivity index is 1.77. The van der Waals surface area contributed by atoms with Crippen molar-refractivity contribution < 1.29 is 18.0 Å². The van der Waals surface area contributed by atoms with Gasteiger partial charge < -0.3 is 10.2 Å². The van der Waals surface area contributed by atoms with Gasteiger partial charge in [0.1, 0.15) is 12.6 Å². The largest absolute Gasteiger partial charge is 0.352 e. The number of hydrogen-bond acceptors (Lipinski definition) is 4. The number of aryl methyl sites for hydroxylation is 2. The maximum absolute atomic E-state index is 14.3. The molecule has 0 saturated heterocycles. The fourth-order valence-corrected chi connectivity index (χ4v) is 6.88. The maximum atomic E-state index is 14.3. The highest BCUT2D eigenvalue weighted by Crippen LogP contribution is 2.29. The average molecular weight is 631 g/mol. The summed E-state index contributed by atoms with van der Waals surface area (Å²) < 4.78 is 27.2. The summed E-state index contributed by atoms with van der Waals surface area (Å²) in [5.41, 5.74) is 3.44. The first-order chi connectivity index (χ1) is 19.9. The van der Waals surface area contributed by atoms with Gasteiger partial charge in [-0.25, -0.2) is 8.42 Å². The molecule has 1 saturated carbocycles. The molecule has 2 amide bonds. The molecule has 1 atom stereocenters. The van der Waals surface area contributed by atoms with E-state index in [0.717, 1.165) is 47.4 Å². The number of halogens is 2. The molecular formula is C32H37Cl2N3O4S. The topological polar surface area (TPSA) is 86.8 Å². The summed E-state index contributed by atoms with van der Waals surface area (Å²) in [5, 5.41) is 3.85. The summed E-state index contributed by atoms with van der Waals surface area (Å²) in [6, 6.07) is 19.0. The molecule has 0 aliphatic heterocycles. The highest BCUT2D eigenvalue weighted by Gasteiger charge is 2.35. The number of nitrogens with zero attached hydrogens (tertiary/aromatic N) is 2. The summed E-state index contributed by atoms with van der Waals surface area (Å²) in [6.45, 7) is 3.16. The molecule has 224 valence electrons. The highest BCUT2D eigenvalue weighted by molar-refractivity contribution is 7.92. The molecule has 1 unspecified atom stereocenters. The van der Waals surface area contributed by atoms with Gasteiger partial charge in [0, 0.05) is 34.6 Å². The van der Waals surface area contributed by atoms with Gasteiger partial charge in [0.2, 0.25) is 21.8 Å². The summed E-state index contributed by atoms with van der Waals surface area (Å²) >= 11 is 13.1. The Morgan fingerprint density at radius 2 is 1.60 bits per heavy atom. The van der Waals surface area contributed by atoms with Gasteiger partial charge in [0.25, 0.3) is 0 Å². The number of amides is 2. The van der Waals surface area contributed by atoms with Crippen LogP contribution in [-0.2, 0) is 32.6 Å². The van der Waals surface area contributed by atoms with Crippen molar-refractivity contribution in [3.63, 3.8) is 0 Å². The zero-order valence-electron chi connectivity index (χ0n) is 24.1. The number of nitrogens with one attached hydrogen (secondary N) is 1. The lowest BCUT2D eigenvalue weighted by molar-refractivity contribution is -0.140. The van der Waals surface area contributed by atoms with Crippen molar-refractivity contribution in [1.82, 2.24) is 10.2 Å². The van der Waals surface area contributed by atoms with E-state index in [1.54, 1.807) is 37.3 Å². The molecular weight excluding hydrogens is 593 g/mol. The molecule has 1 aliphatic rings. The van der Waals surface area contributed by atoms with Crippen LogP contribution in [0.5, 0.6) is 0 Å². The third kappa shape index (κ3) is 8.06. The van der Waals surface area contributed by atoms with Gasteiger partial charge in [0.05, 0.1) is 11.9 Å². The summed E-state index contributed by atoms with van der Waals surface area (Å²) in [6.07, 6.45) is 5.13. The normalized spacial score (nSPS) is 14.4. The van der Waals surface area contributed by atoms with E-state index < -0.39 is 28.5 Å². The van der Waals surface area contributed by atoms with E-state index in [0.29, 0.717) is 26.9 Å². The first-order valence-electron chi connectivity index (χ1n) is 14.1. The Labute approximate surface area is 258 Å². The molecule has 0 spiro atoms. The minimum Gasteiger partial charge on any atom is -0.352 e. The Hall–Kier alpha value is -3.07. The Bertz CT molecular complexity index is 1510. The number of sulfonamides is 1. The molecule has 10 heteroatoms. The molecule has 1 aliphatic carbocycles. The van der Waals surface area contributed by atoms with Gasteiger partial charge in [-0.15, -0.1) is 0 Å². The molecule has 0 aromatic heterocycles. The molecule has 3 aromatic rings. The van der Waals surface area contributed by atoms with Gasteiger partial charge in [-0.1, -0.05) is 90.1 Å². The van der Waals surface area contributed by atoms with E-state index in [4.69, 9.17) is 23.2 Å². The van der Waals surface area contributed by atoms with E-state index >= 15 is 0 Å². The van der Waals surface area contributed by atoms with Crippen LogP contribution in [0, 0.1) is 13.8 Å². The minimum atomic E-state index is -3.86. The number of carbonyl (C=O) groups is 2. The second-order valence-electron chi connectivity index (χ2n) is 11.0. The lowest BCUT2D eigenvalue weighted by atomic mass is 10.0. The van der Waals surface area contributed by atoms with Gasteiger partial charge in [-0.3, -0.25) is 13.9 Å². The maximum Gasteiger partial charge on any atom is 0.244 e. The Morgan fingerprint density at radius 3 is 2.19 bits per heavy atom. The molecule has 3 aromatic carbocycles. The van der Waals surface area contributed by atoms with Crippen molar-refractivity contribution in [2.75, 3.05) is 17.1 Å². The van der Waals surface area contributed by atoms with Crippen LogP contribution < -0.4 is 9.62 Å². The van der Waals surface area contributed by atoms with Gasteiger partial charge in [0.15, 0.2) is 0 Å². The van der Waals surface area contributed by atoms with E-state index in [-0.39, 0.29) is 24.9 Å². The van der Waals surface area contributed by atoms with Crippen LogP contribution in [-0.4, -0.2) is 50.0 Å². The van der Waals surface area contributed by atoms with E-state index in [1.165, 1.54) is 4.90 Å². The lowest BCUT2D eigenvalue weighted by Crippen LogP contribution is -2.54. The number of anilines is 1. The lowest BCUT2D eigenvalue weighted by Gasteiger charge is -2.34. The number of carbonyl (C=O) groups excluding carboxylic acids is 2. The first-order valence-corrected chi connectivity index (χ1v) is 16.7. The third-order valence-corrected chi connectivity index (χ3v) is 9.50. The van der Waals surface area contributed by atoms with Gasteiger partial charge >= 0.3 is 0 Å². The second kappa shape index (κ2) is 13.9. The van der Waals surface area contributed by atoms with E-state index in [2.05, 4.69) is 5.32 Å². The van der Waals surface area contributed by atoms with E-state index in [9.17, 15) is 18.0 Å². The Morgan fingerprint density at radius 1 is 0.952 bits per heavy atom. The van der Waals surface area contributed by atoms with Crippen molar-refractivity contribution in [2.45, 2.75) is 64.6 Å². The van der Waals surface area contributed by atoms with Crippen molar-refractivity contribution in [3.05, 3.63) is 99.0 Å². The van der Waals surface area contributed by atoms with Crippen LogP contribution in [0.1, 0.15) is 47.9 Å². The monoisotopic (exact) mass is 629 g/mol. The van der Waals surface area contributed by atoms with Crippen molar-refractivity contribution in [1.29, 1.82) is 0 Å². The van der Waals surface area contributed by atoms with Crippen molar-refractivity contribution in [2.24, 2.45) is 0 Å². The fourth-order valence-electron chi connectivity index (χ4n) is 5.46. The molecule has 4 rings (SSSR count). The van der Waals surface area contributed by atoms with Crippen molar-refractivity contribution >= 4 is 50.7 Å². The molecule has 7 nitrogen and oxygen atoms in total. The molecule has 1 N–H and O–H groups in total. The molecule has 42 heavy (non-hydrogen) atoms. The van der Waals surface area contributed by atoms with E-state index in [1.807, 2.05) is 43.3 Å².